The molecule has 0 heterocycles. The molecule has 40 heavy (non-hydrogen) atoms. The van der Waals surface area contributed by atoms with Gasteiger partial charge in [-0.05, 0) is 106 Å². The van der Waals surface area contributed by atoms with E-state index in [0.29, 0.717) is 30.1 Å². The van der Waals surface area contributed by atoms with E-state index in [1.165, 1.54) is 11.1 Å². The molecular weight excluding hydrogens is 520 g/mol. The highest BCUT2D eigenvalue weighted by Crippen LogP contribution is 2.35. The van der Waals surface area contributed by atoms with Crippen molar-refractivity contribution in [2.45, 2.75) is 64.2 Å². The van der Waals surface area contributed by atoms with E-state index in [1.807, 2.05) is 19.2 Å². The Morgan fingerprint density at radius 1 is 0.700 bits per heavy atom. The van der Waals surface area contributed by atoms with Crippen LogP contribution in [0.2, 0.25) is 0 Å². The second-order valence-electron chi connectivity index (χ2n) is 9.96. The topological polar surface area (TPSA) is 61.8 Å². The highest BCUT2D eigenvalue weighted by molar-refractivity contribution is 7.98. The quantitative estimate of drug-likeness (QED) is 0.0482. The van der Waals surface area contributed by atoms with Crippen molar-refractivity contribution in [3.63, 3.8) is 0 Å². The summed E-state index contributed by atoms with van der Waals surface area (Å²) in [4.78, 5) is 24.3. The molecule has 0 aliphatic carbocycles. The summed E-state index contributed by atoms with van der Waals surface area (Å²) in [7, 11) is 0. The van der Waals surface area contributed by atoms with Crippen LogP contribution in [0.25, 0.3) is 11.1 Å². The van der Waals surface area contributed by atoms with E-state index in [2.05, 4.69) is 56.6 Å². The number of esters is 2. The molecule has 0 saturated carbocycles. The van der Waals surface area contributed by atoms with Gasteiger partial charge in [-0.25, -0.2) is 9.59 Å². The van der Waals surface area contributed by atoms with Gasteiger partial charge in [0.25, 0.3) is 0 Å². The number of benzene rings is 2. The lowest BCUT2D eigenvalue weighted by molar-refractivity contribution is -0.139. The first-order chi connectivity index (χ1) is 19.0. The normalized spacial score (nSPS) is 10.5. The Hall–Kier alpha value is -3.51. The molecule has 0 unspecified atom stereocenters. The van der Waals surface area contributed by atoms with Crippen molar-refractivity contribution >= 4 is 23.7 Å². The minimum atomic E-state index is -0.345. The minimum Gasteiger partial charge on any atom is -0.462 e. The first kappa shape index (κ1) is 32.7. The van der Waals surface area contributed by atoms with E-state index in [-0.39, 0.29) is 11.9 Å². The smallest absolute Gasteiger partial charge is 0.333 e. The molecule has 0 atom stereocenters. The van der Waals surface area contributed by atoms with Gasteiger partial charge < -0.3 is 14.2 Å². The zero-order valence-corrected chi connectivity index (χ0v) is 25.2. The van der Waals surface area contributed by atoms with Crippen LogP contribution in [0.4, 0.5) is 0 Å². The molecule has 0 aliphatic heterocycles. The first-order valence-electron chi connectivity index (χ1n) is 13.5. The second kappa shape index (κ2) is 16.6. The van der Waals surface area contributed by atoms with Gasteiger partial charge in [-0.2, -0.15) is 0 Å². The Bertz CT molecular complexity index is 1200. The van der Waals surface area contributed by atoms with Crippen molar-refractivity contribution in [2.75, 3.05) is 19.5 Å². The molecule has 0 radical (unpaired) electrons. The van der Waals surface area contributed by atoms with Crippen LogP contribution in [-0.4, -0.2) is 31.4 Å². The maximum Gasteiger partial charge on any atom is 0.333 e. The van der Waals surface area contributed by atoms with E-state index in [9.17, 15) is 9.59 Å². The number of carbonyl (C=O) groups excluding carboxylic acids is 2. The van der Waals surface area contributed by atoms with Gasteiger partial charge in [-0.1, -0.05) is 50.6 Å². The number of ether oxygens (including phenoxy) is 3. The van der Waals surface area contributed by atoms with Gasteiger partial charge in [-0.3, -0.25) is 0 Å². The molecule has 0 aliphatic rings. The average molecular weight is 563 g/mol. The van der Waals surface area contributed by atoms with Crippen LogP contribution < -0.4 is 4.74 Å². The molecule has 0 aromatic heterocycles. The standard InChI is InChI=1S/C34H42O5S/c1-23(2)26(7)39-31-16-15-29(22-32(31)40-8)30-20-27(13-9-11-17-37-33(35)24(3)4)19-28(21-30)14-10-12-18-38-34(36)25(5)6/h15-16,19-22H,1,3,5,7,9-14,17-18H2,2,4,6,8H3. The van der Waals surface area contributed by atoms with Gasteiger partial charge >= 0.3 is 11.9 Å². The Morgan fingerprint density at radius 3 is 1.68 bits per heavy atom. The molecule has 2 aromatic rings. The molecule has 5 nitrogen and oxygen atoms in total. The summed E-state index contributed by atoms with van der Waals surface area (Å²) >= 11 is 1.62. The number of unbranched alkanes of at least 4 members (excludes halogenated alkanes) is 2. The van der Waals surface area contributed by atoms with Crippen LogP contribution in [0.3, 0.4) is 0 Å². The lowest BCUT2D eigenvalue weighted by atomic mass is 9.95. The number of thioether (sulfide) groups is 1. The number of hydrogen-bond donors (Lipinski definition) is 0. The summed E-state index contributed by atoms with van der Waals surface area (Å²) in [6.45, 7) is 21.0. The van der Waals surface area contributed by atoms with E-state index < -0.39 is 0 Å². The third kappa shape index (κ3) is 10.9. The number of rotatable bonds is 17. The van der Waals surface area contributed by atoms with Crippen molar-refractivity contribution < 1.29 is 23.8 Å². The Labute approximate surface area is 244 Å². The molecule has 0 saturated heterocycles. The van der Waals surface area contributed by atoms with Gasteiger partial charge in [0.15, 0.2) is 0 Å². The first-order valence-corrected chi connectivity index (χ1v) is 14.7. The lowest BCUT2D eigenvalue weighted by Crippen LogP contribution is -2.06. The van der Waals surface area contributed by atoms with Gasteiger partial charge in [-0.15, -0.1) is 11.8 Å². The van der Waals surface area contributed by atoms with Gasteiger partial charge in [0.1, 0.15) is 11.5 Å². The van der Waals surface area contributed by atoms with Crippen LogP contribution in [0.5, 0.6) is 5.75 Å². The maximum absolute atomic E-state index is 11.6. The second-order valence-corrected chi connectivity index (χ2v) is 10.8. The summed E-state index contributed by atoms with van der Waals surface area (Å²) < 4.78 is 16.4. The van der Waals surface area contributed by atoms with Crippen LogP contribution in [0, 0.1) is 0 Å². The van der Waals surface area contributed by atoms with E-state index in [0.717, 1.165) is 65.9 Å². The van der Waals surface area contributed by atoms with Crippen molar-refractivity contribution in [1.29, 1.82) is 0 Å². The van der Waals surface area contributed by atoms with Crippen molar-refractivity contribution in [2.24, 2.45) is 0 Å². The zero-order valence-electron chi connectivity index (χ0n) is 24.4. The fourth-order valence-corrected chi connectivity index (χ4v) is 4.36. The van der Waals surface area contributed by atoms with Crippen molar-refractivity contribution in [1.82, 2.24) is 0 Å². The Kier molecular flexibility index (Phi) is 13.5. The molecule has 2 rings (SSSR count). The number of hydrogen-bond acceptors (Lipinski definition) is 6. The Morgan fingerprint density at radius 2 is 1.23 bits per heavy atom. The monoisotopic (exact) mass is 562 g/mol. The summed E-state index contributed by atoms with van der Waals surface area (Å²) in [6.07, 6.45) is 7.13. The lowest BCUT2D eigenvalue weighted by Gasteiger charge is -2.15. The molecule has 0 fully saturated rings. The fraction of sp³-hybridized carbons (Fsp3) is 0.353. The molecular formula is C34H42O5S. The zero-order chi connectivity index (χ0) is 29.7. The van der Waals surface area contributed by atoms with Crippen LogP contribution in [0.15, 0.2) is 90.1 Å². The molecule has 0 bridgehead atoms. The van der Waals surface area contributed by atoms with Crippen molar-refractivity contribution in [3.05, 3.63) is 96.3 Å². The molecule has 214 valence electrons. The molecule has 6 heteroatoms. The molecule has 2 aromatic carbocycles. The average Bonchev–Trinajstić information content (AvgIpc) is 2.92. The highest BCUT2D eigenvalue weighted by atomic mass is 32.2. The van der Waals surface area contributed by atoms with Gasteiger partial charge in [0.05, 0.1) is 18.1 Å². The molecule has 0 amide bonds. The summed E-state index contributed by atoms with van der Waals surface area (Å²) in [5.74, 6) is 0.619. The van der Waals surface area contributed by atoms with Gasteiger partial charge in [0, 0.05) is 11.1 Å². The third-order valence-electron chi connectivity index (χ3n) is 6.14. The number of aryl methyl sites for hydroxylation is 2. The third-order valence-corrected chi connectivity index (χ3v) is 6.90. The summed E-state index contributed by atoms with van der Waals surface area (Å²) in [5, 5.41) is 0. The van der Waals surface area contributed by atoms with Crippen molar-refractivity contribution in [3.8, 4) is 16.9 Å². The predicted molar refractivity (Wildman–Crippen MR) is 166 cm³/mol. The highest BCUT2D eigenvalue weighted by Gasteiger charge is 2.11. The van der Waals surface area contributed by atoms with E-state index in [1.54, 1.807) is 25.6 Å². The van der Waals surface area contributed by atoms with Crippen LogP contribution in [-0.2, 0) is 31.9 Å². The SMILES string of the molecule is C=C(C)C(=C)Oc1ccc(-c2cc(CCCCOC(=O)C(=C)C)cc(CCCCOC(=O)C(=C)C)c2)cc1SC. The molecule has 0 spiro atoms. The van der Waals surface area contributed by atoms with Crippen LogP contribution >= 0.6 is 11.8 Å². The largest absolute Gasteiger partial charge is 0.462 e. The summed E-state index contributed by atoms with van der Waals surface area (Å²) in [6, 6.07) is 12.9. The minimum absolute atomic E-state index is 0.345. The number of allylic oxidation sites excluding steroid dienone is 1. The van der Waals surface area contributed by atoms with E-state index >= 15 is 0 Å². The number of carbonyl (C=O) groups is 2. The van der Waals surface area contributed by atoms with E-state index in [4.69, 9.17) is 14.2 Å². The van der Waals surface area contributed by atoms with Crippen LogP contribution in [0.1, 0.15) is 57.6 Å². The molecule has 0 N–H and O–H groups in total. The summed E-state index contributed by atoms with van der Waals surface area (Å²) in [5.41, 5.74) is 6.32. The predicted octanol–water partition coefficient (Wildman–Crippen LogP) is 8.43. The Balaban J connectivity index is 2.19. The maximum atomic E-state index is 11.6. The fourth-order valence-electron chi connectivity index (χ4n) is 3.81. The van der Waals surface area contributed by atoms with Gasteiger partial charge in [0.2, 0.25) is 0 Å².